The zero-order valence-corrected chi connectivity index (χ0v) is 22.7. The molecular weight excluding hydrogens is 478 g/mol. The topological polar surface area (TPSA) is 29.2 Å². The third-order valence-corrected chi connectivity index (χ3v) is 8.83. The van der Waals surface area contributed by atoms with Gasteiger partial charge in [-0.25, -0.2) is 0 Å². The molecule has 2 fully saturated rings. The Bertz CT molecular complexity index is 1320. The second kappa shape index (κ2) is 11.0. The van der Waals surface area contributed by atoms with Crippen molar-refractivity contribution in [1.82, 2.24) is 24.1 Å². The summed E-state index contributed by atoms with van der Waals surface area (Å²) in [5.74, 6) is 0. The van der Waals surface area contributed by atoms with Crippen LogP contribution >= 0.6 is 11.6 Å². The van der Waals surface area contributed by atoms with Crippen LogP contribution in [0, 0.1) is 0 Å². The number of hydrogen-bond acceptors (Lipinski definition) is 3. The van der Waals surface area contributed by atoms with Gasteiger partial charge in [0.25, 0.3) is 0 Å². The van der Waals surface area contributed by atoms with Gasteiger partial charge in [-0.2, -0.15) is 5.10 Å². The molecule has 2 aromatic heterocycles. The van der Waals surface area contributed by atoms with Crippen LogP contribution in [0.3, 0.4) is 0 Å². The fourth-order valence-electron chi connectivity index (χ4n) is 6.34. The van der Waals surface area contributed by atoms with Gasteiger partial charge in [-0.05, 0) is 87.6 Å². The minimum atomic E-state index is 0.505. The van der Waals surface area contributed by atoms with Gasteiger partial charge in [0.05, 0.1) is 11.7 Å². The molecule has 6 rings (SSSR count). The molecule has 0 saturated carbocycles. The number of halogens is 1. The quantitative estimate of drug-likeness (QED) is 0.273. The number of rotatable bonds is 7. The van der Waals surface area contributed by atoms with E-state index < -0.39 is 0 Å². The van der Waals surface area contributed by atoms with Crippen molar-refractivity contribution in [3.8, 4) is 11.3 Å². The lowest BCUT2D eigenvalue weighted by atomic mass is 9.98. The second-order valence-corrected chi connectivity index (χ2v) is 11.2. The summed E-state index contributed by atoms with van der Waals surface area (Å²) >= 11 is 6.40. The van der Waals surface area contributed by atoms with Crippen LogP contribution in [-0.2, 0) is 6.54 Å². The Kier molecular flexibility index (Phi) is 7.36. The van der Waals surface area contributed by atoms with E-state index >= 15 is 0 Å². The van der Waals surface area contributed by atoms with E-state index in [2.05, 4.69) is 74.8 Å². The minimum absolute atomic E-state index is 0.505. The highest BCUT2D eigenvalue weighted by atomic mass is 35.5. The first-order valence-corrected chi connectivity index (χ1v) is 14.4. The van der Waals surface area contributed by atoms with Crippen LogP contribution in [0.25, 0.3) is 22.2 Å². The number of piperidine rings is 2. The summed E-state index contributed by atoms with van der Waals surface area (Å²) < 4.78 is 4.49. The van der Waals surface area contributed by atoms with E-state index in [4.69, 9.17) is 16.7 Å². The molecule has 0 unspecified atom stereocenters. The summed E-state index contributed by atoms with van der Waals surface area (Å²) in [7, 11) is 0. The van der Waals surface area contributed by atoms with Crippen molar-refractivity contribution in [2.24, 2.45) is 0 Å². The smallest absolute Gasteiger partial charge is 0.0923 e. The Morgan fingerprint density at radius 2 is 1.65 bits per heavy atom. The Hall–Kier alpha value is -2.60. The van der Waals surface area contributed by atoms with E-state index in [9.17, 15) is 0 Å². The molecule has 2 saturated heterocycles. The molecule has 4 aromatic rings. The zero-order chi connectivity index (χ0) is 25.2. The first-order chi connectivity index (χ1) is 18.2. The molecule has 2 aliphatic rings. The highest BCUT2D eigenvalue weighted by molar-refractivity contribution is 6.31. The van der Waals surface area contributed by atoms with Crippen LogP contribution in [0.15, 0.2) is 67.0 Å². The van der Waals surface area contributed by atoms with Crippen molar-refractivity contribution in [1.29, 1.82) is 0 Å². The minimum Gasteiger partial charge on any atom is -0.343 e. The largest absolute Gasteiger partial charge is 0.343 e. The molecule has 0 amide bonds. The van der Waals surface area contributed by atoms with Gasteiger partial charge in [-0.15, -0.1) is 0 Å². The van der Waals surface area contributed by atoms with E-state index in [1.54, 1.807) is 0 Å². The second-order valence-electron chi connectivity index (χ2n) is 10.8. The highest BCUT2D eigenvalue weighted by Gasteiger charge is 2.28. The Morgan fingerprint density at radius 3 is 2.43 bits per heavy atom. The van der Waals surface area contributed by atoms with Gasteiger partial charge < -0.3 is 14.4 Å². The molecule has 4 heterocycles. The van der Waals surface area contributed by atoms with E-state index in [0.29, 0.717) is 6.04 Å². The molecular formula is C31H38ClN5. The van der Waals surface area contributed by atoms with Gasteiger partial charge in [0.2, 0.25) is 0 Å². The maximum Gasteiger partial charge on any atom is 0.0923 e. The number of nitrogens with zero attached hydrogens (tertiary/aromatic N) is 5. The molecule has 0 aliphatic carbocycles. The summed E-state index contributed by atoms with van der Waals surface area (Å²) in [4.78, 5) is 5.39. The van der Waals surface area contributed by atoms with E-state index in [0.717, 1.165) is 28.9 Å². The number of benzene rings is 2. The van der Waals surface area contributed by atoms with Gasteiger partial charge in [0.15, 0.2) is 0 Å². The predicted octanol–water partition coefficient (Wildman–Crippen LogP) is 6.72. The lowest BCUT2D eigenvalue weighted by molar-refractivity contribution is 0.0775. The summed E-state index contributed by atoms with van der Waals surface area (Å²) in [6, 6.07) is 20.4. The zero-order valence-electron chi connectivity index (χ0n) is 21.9. The summed E-state index contributed by atoms with van der Waals surface area (Å²) in [5.41, 5.74) is 4.60. The average Bonchev–Trinajstić information content (AvgIpc) is 3.58. The van der Waals surface area contributed by atoms with Crippen LogP contribution in [-0.4, -0.2) is 62.9 Å². The first kappa shape index (κ1) is 24.7. The van der Waals surface area contributed by atoms with Gasteiger partial charge in [-0.1, -0.05) is 42.8 Å². The number of likely N-dealkylation sites (tertiary alicyclic amines) is 2. The number of aromatic nitrogens is 3. The standard InChI is InChI=1S/C31H38ClN5/c1-2-15-34-16-10-27(11-17-34)35-19-12-28(13-20-35)37-21-14-30(33-37)24-7-8-31-25(22-24)9-18-36(31)23-26-5-3-4-6-29(26)32/h3-9,14,18,21-22,27-28H,2,10-13,15-17,19-20,23H2,1H3. The van der Waals surface area contributed by atoms with Crippen LogP contribution in [0.1, 0.15) is 50.6 Å². The molecule has 2 aromatic carbocycles. The summed E-state index contributed by atoms with van der Waals surface area (Å²) in [6.45, 7) is 9.26. The van der Waals surface area contributed by atoms with Crippen LogP contribution in [0.2, 0.25) is 5.02 Å². The third-order valence-electron chi connectivity index (χ3n) is 8.46. The molecule has 0 spiro atoms. The van der Waals surface area contributed by atoms with Crippen molar-refractivity contribution < 1.29 is 0 Å². The molecule has 0 bridgehead atoms. The predicted molar refractivity (Wildman–Crippen MR) is 153 cm³/mol. The Balaban J connectivity index is 1.09. The molecule has 37 heavy (non-hydrogen) atoms. The fourth-order valence-corrected chi connectivity index (χ4v) is 6.54. The average molecular weight is 516 g/mol. The van der Waals surface area contributed by atoms with Crippen molar-refractivity contribution in [3.63, 3.8) is 0 Å². The Morgan fingerprint density at radius 1 is 0.865 bits per heavy atom. The van der Waals surface area contributed by atoms with E-state index in [-0.39, 0.29) is 0 Å². The molecule has 2 aliphatic heterocycles. The van der Waals surface area contributed by atoms with Crippen molar-refractivity contribution in [3.05, 3.63) is 77.6 Å². The van der Waals surface area contributed by atoms with Gasteiger partial charge in [-0.3, -0.25) is 4.68 Å². The van der Waals surface area contributed by atoms with Crippen molar-refractivity contribution in [2.45, 2.75) is 57.7 Å². The highest BCUT2D eigenvalue weighted by Crippen LogP contribution is 2.30. The SMILES string of the molecule is CCCN1CCC(N2CCC(n3ccc(-c4ccc5c(ccn5Cc5ccccc5Cl)c4)n3)CC2)CC1. The lowest BCUT2D eigenvalue weighted by Crippen LogP contribution is -2.48. The van der Waals surface area contributed by atoms with Crippen molar-refractivity contribution >= 4 is 22.5 Å². The fraction of sp³-hybridized carbons (Fsp3) is 0.452. The summed E-state index contributed by atoms with van der Waals surface area (Å²) in [5, 5.41) is 7.08. The van der Waals surface area contributed by atoms with E-state index in [1.165, 1.54) is 81.3 Å². The monoisotopic (exact) mass is 515 g/mol. The molecule has 194 valence electrons. The molecule has 0 N–H and O–H groups in total. The molecule has 5 nitrogen and oxygen atoms in total. The van der Waals surface area contributed by atoms with Gasteiger partial charge in [0, 0.05) is 59.6 Å². The molecule has 0 radical (unpaired) electrons. The van der Waals surface area contributed by atoms with Gasteiger partial charge >= 0.3 is 0 Å². The summed E-state index contributed by atoms with van der Waals surface area (Å²) in [6.07, 6.45) is 10.7. The number of fused-ring (bicyclic) bond motifs is 1. The molecule has 6 heteroatoms. The first-order valence-electron chi connectivity index (χ1n) is 14.0. The maximum atomic E-state index is 6.40. The van der Waals surface area contributed by atoms with Crippen LogP contribution < -0.4 is 0 Å². The maximum absolute atomic E-state index is 6.40. The lowest BCUT2D eigenvalue weighted by Gasteiger charge is -2.41. The Labute approximate surface area is 225 Å². The molecule has 0 atom stereocenters. The van der Waals surface area contributed by atoms with Crippen LogP contribution in [0.5, 0.6) is 0 Å². The van der Waals surface area contributed by atoms with Crippen LogP contribution in [0.4, 0.5) is 0 Å². The van der Waals surface area contributed by atoms with E-state index in [1.807, 2.05) is 18.2 Å². The van der Waals surface area contributed by atoms with Gasteiger partial charge in [0.1, 0.15) is 0 Å². The normalized spacial score (nSPS) is 18.6. The number of hydrogen-bond donors (Lipinski definition) is 0. The third kappa shape index (κ3) is 5.36. The van der Waals surface area contributed by atoms with Crippen molar-refractivity contribution in [2.75, 3.05) is 32.7 Å².